The molecule has 1 atom stereocenters. The van der Waals surface area contributed by atoms with Crippen LogP contribution in [-0.2, 0) is 4.79 Å². The lowest BCUT2D eigenvalue weighted by Gasteiger charge is -2.32. The van der Waals surface area contributed by atoms with E-state index < -0.39 is 6.29 Å². The number of likely N-dealkylation sites (tertiary alicyclic amines) is 1. The van der Waals surface area contributed by atoms with Crippen LogP contribution in [0.1, 0.15) is 26.2 Å². The third kappa shape index (κ3) is 3.30. The summed E-state index contributed by atoms with van der Waals surface area (Å²) in [5.74, 6) is -0.277. The van der Waals surface area contributed by atoms with Gasteiger partial charge in [0.25, 0.3) is 0 Å². The van der Waals surface area contributed by atoms with Crippen molar-refractivity contribution < 1.29 is 23.0 Å². The SMILES string of the molecule is C[C@@H]1CCCCN1CC(=O)Nc1ccc2c(c1)OC(F)(F)O2. The Morgan fingerprint density at radius 1 is 1.36 bits per heavy atom. The molecule has 0 bridgehead atoms. The predicted octanol–water partition coefficient (Wildman–Crippen LogP) is 2.82. The summed E-state index contributed by atoms with van der Waals surface area (Å²) in [5.41, 5.74) is 0.412. The van der Waals surface area contributed by atoms with Gasteiger partial charge < -0.3 is 14.8 Å². The predicted molar refractivity (Wildman–Crippen MR) is 76.2 cm³/mol. The summed E-state index contributed by atoms with van der Waals surface area (Å²) in [5, 5.41) is 2.71. The number of hydrogen-bond acceptors (Lipinski definition) is 4. The molecule has 0 radical (unpaired) electrons. The van der Waals surface area contributed by atoms with Gasteiger partial charge in [0.1, 0.15) is 0 Å². The Kier molecular flexibility index (Phi) is 3.90. The van der Waals surface area contributed by atoms with Crippen LogP contribution in [0.5, 0.6) is 11.5 Å². The first kappa shape index (κ1) is 15.0. The van der Waals surface area contributed by atoms with Gasteiger partial charge in [-0.15, -0.1) is 8.78 Å². The summed E-state index contributed by atoms with van der Waals surface area (Å²) in [6.07, 6.45) is -0.271. The van der Waals surface area contributed by atoms with Crippen molar-refractivity contribution in [3.63, 3.8) is 0 Å². The summed E-state index contributed by atoms with van der Waals surface area (Å²) < 4.78 is 34.6. The number of alkyl halides is 2. The zero-order valence-corrected chi connectivity index (χ0v) is 12.3. The van der Waals surface area contributed by atoms with E-state index in [-0.39, 0.29) is 17.4 Å². The summed E-state index contributed by atoms with van der Waals surface area (Å²) in [6.45, 7) is 3.31. The zero-order valence-electron chi connectivity index (χ0n) is 12.3. The lowest BCUT2D eigenvalue weighted by molar-refractivity contribution is -0.286. The third-order valence-corrected chi connectivity index (χ3v) is 3.97. The van der Waals surface area contributed by atoms with Crippen LogP contribution in [0.15, 0.2) is 18.2 Å². The molecule has 120 valence electrons. The van der Waals surface area contributed by atoms with E-state index in [9.17, 15) is 13.6 Å². The van der Waals surface area contributed by atoms with E-state index in [0.717, 1.165) is 19.4 Å². The highest BCUT2D eigenvalue weighted by Gasteiger charge is 2.43. The molecule has 0 aliphatic carbocycles. The molecule has 0 saturated carbocycles. The molecule has 0 aromatic heterocycles. The minimum absolute atomic E-state index is 0.0346. The standard InChI is InChI=1S/C15H18F2N2O3/c1-10-4-2-3-7-19(10)9-14(20)18-11-5-6-12-13(8-11)22-15(16,17)21-12/h5-6,8,10H,2-4,7,9H2,1H3,(H,18,20)/t10-/m1/s1. The highest BCUT2D eigenvalue weighted by atomic mass is 19.3. The van der Waals surface area contributed by atoms with Crippen LogP contribution in [0.3, 0.4) is 0 Å². The lowest BCUT2D eigenvalue weighted by atomic mass is 10.0. The van der Waals surface area contributed by atoms with Gasteiger partial charge in [-0.1, -0.05) is 6.42 Å². The average Bonchev–Trinajstić information content (AvgIpc) is 2.74. The normalized spacial score (nSPS) is 23.3. The van der Waals surface area contributed by atoms with E-state index in [4.69, 9.17) is 0 Å². The van der Waals surface area contributed by atoms with Crippen LogP contribution in [0, 0.1) is 0 Å². The molecule has 0 unspecified atom stereocenters. The van der Waals surface area contributed by atoms with Crippen LogP contribution < -0.4 is 14.8 Å². The minimum atomic E-state index is -3.64. The van der Waals surface area contributed by atoms with Gasteiger partial charge in [-0.05, 0) is 38.4 Å². The fourth-order valence-electron chi connectivity index (χ4n) is 2.80. The second-order valence-corrected chi connectivity index (χ2v) is 5.69. The highest BCUT2D eigenvalue weighted by molar-refractivity contribution is 5.92. The molecular formula is C15H18F2N2O3. The summed E-state index contributed by atoms with van der Waals surface area (Å²) in [4.78, 5) is 14.2. The molecule has 1 aromatic carbocycles. The number of nitrogens with zero attached hydrogens (tertiary/aromatic N) is 1. The molecule has 0 spiro atoms. The van der Waals surface area contributed by atoms with E-state index in [0.29, 0.717) is 18.3 Å². The molecule has 1 amide bonds. The number of halogens is 2. The van der Waals surface area contributed by atoms with Crippen LogP contribution >= 0.6 is 0 Å². The number of piperidine rings is 1. The van der Waals surface area contributed by atoms with Crippen molar-refractivity contribution in [3.05, 3.63) is 18.2 Å². The van der Waals surface area contributed by atoms with Crippen LogP contribution in [0.4, 0.5) is 14.5 Å². The van der Waals surface area contributed by atoms with Crippen molar-refractivity contribution in [2.24, 2.45) is 0 Å². The van der Waals surface area contributed by atoms with E-state index in [1.54, 1.807) is 0 Å². The average molecular weight is 312 g/mol. The molecule has 1 N–H and O–H groups in total. The second kappa shape index (κ2) is 5.72. The molecule has 7 heteroatoms. The Bertz CT molecular complexity index is 580. The van der Waals surface area contributed by atoms with Crippen LogP contribution in [0.2, 0.25) is 0 Å². The second-order valence-electron chi connectivity index (χ2n) is 5.69. The zero-order chi connectivity index (χ0) is 15.7. The number of ether oxygens (including phenoxy) is 2. The molecule has 1 fully saturated rings. The van der Waals surface area contributed by atoms with Crippen LogP contribution in [0.25, 0.3) is 0 Å². The van der Waals surface area contributed by atoms with Crippen molar-refractivity contribution >= 4 is 11.6 Å². The minimum Gasteiger partial charge on any atom is -0.395 e. The summed E-state index contributed by atoms with van der Waals surface area (Å²) >= 11 is 0. The summed E-state index contributed by atoms with van der Waals surface area (Å²) in [6, 6.07) is 4.60. The van der Waals surface area contributed by atoms with E-state index in [2.05, 4.69) is 26.6 Å². The first-order valence-electron chi connectivity index (χ1n) is 7.37. The Labute approximate surface area is 127 Å². The van der Waals surface area contributed by atoms with Gasteiger partial charge in [-0.2, -0.15) is 0 Å². The van der Waals surface area contributed by atoms with Gasteiger partial charge in [0.05, 0.1) is 6.54 Å². The number of amides is 1. The van der Waals surface area contributed by atoms with E-state index in [1.165, 1.54) is 24.6 Å². The van der Waals surface area contributed by atoms with E-state index in [1.807, 2.05) is 0 Å². The van der Waals surface area contributed by atoms with Crippen molar-refractivity contribution in [2.45, 2.75) is 38.5 Å². The molecule has 2 aliphatic heterocycles. The fourth-order valence-corrected chi connectivity index (χ4v) is 2.80. The Balaban J connectivity index is 1.61. The lowest BCUT2D eigenvalue weighted by Crippen LogP contribution is -2.42. The van der Waals surface area contributed by atoms with Gasteiger partial charge in [0.15, 0.2) is 11.5 Å². The highest BCUT2D eigenvalue weighted by Crippen LogP contribution is 2.42. The maximum Gasteiger partial charge on any atom is 0.586 e. The van der Waals surface area contributed by atoms with Gasteiger partial charge in [0.2, 0.25) is 5.91 Å². The van der Waals surface area contributed by atoms with Crippen molar-refractivity contribution in [1.29, 1.82) is 0 Å². The first-order valence-corrected chi connectivity index (χ1v) is 7.37. The molecule has 3 rings (SSSR count). The number of carbonyl (C=O) groups is 1. The van der Waals surface area contributed by atoms with Crippen molar-refractivity contribution in [3.8, 4) is 11.5 Å². The largest absolute Gasteiger partial charge is 0.586 e. The summed E-state index contributed by atoms with van der Waals surface area (Å²) in [7, 11) is 0. The maximum atomic E-state index is 12.9. The van der Waals surface area contributed by atoms with Gasteiger partial charge in [-0.3, -0.25) is 9.69 Å². The third-order valence-electron chi connectivity index (χ3n) is 3.97. The Morgan fingerprint density at radius 2 is 2.14 bits per heavy atom. The fraction of sp³-hybridized carbons (Fsp3) is 0.533. The van der Waals surface area contributed by atoms with Crippen molar-refractivity contribution in [2.75, 3.05) is 18.4 Å². The number of benzene rings is 1. The quantitative estimate of drug-likeness (QED) is 0.932. The first-order chi connectivity index (χ1) is 10.4. The number of nitrogens with one attached hydrogen (secondary N) is 1. The number of rotatable bonds is 3. The topological polar surface area (TPSA) is 50.8 Å². The smallest absolute Gasteiger partial charge is 0.395 e. The molecule has 22 heavy (non-hydrogen) atoms. The molecule has 1 aromatic rings. The number of hydrogen-bond donors (Lipinski definition) is 1. The maximum absolute atomic E-state index is 12.9. The number of fused-ring (bicyclic) bond motifs is 1. The number of carbonyl (C=O) groups excluding carboxylic acids is 1. The number of anilines is 1. The van der Waals surface area contributed by atoms with E-state index >= 15 is 0 Å². The monoisotopic (exact) mass is 312 g/mol. The molecule has 2 aliphatic rings. The van der Waals surface area contributed by atoms with Crippen LogP contribution in [-0.4, -0.2) is 36.2 Å². The molecule has 1 saturated heterocycles. The Morgan fingerprint density at radius 3 is 2.91 bits per heavy atom. The van der Waals surface area contributed by atoms with Gasteiger partial charge in [-0.25, -0.2) is 0 Å². The Hall–Kier alpha value is -1.89. The van der Waals surface area contributed by atoms with Crippen molar-refractivity contribution in [1.82, 2.24) is 4.90 Å². The molecule has 2 heterocycles. The van der Waals surface area contributed by atoms with Gasteiger partial charge >= 0.3 is 6.29 Å². The van der Waals surface area contributed by atoms with Gasteiger partial charge in [0, 0.05) is 17.8 Å². The molecule has 5 nitrogen and oxygen atoms in total. The molecular weight excluding hydrogens is 294 g/mol.